The fraction of sp³-hybridized carbons (Fsp3) is 0.838. The van der Waals surface area contributed by atoms with E-state index in [0.29, 0.717) is 42.4 Å². The van der Waals surface area contributed by atoms with Crippen LogP contribution in [0.1, 0.15) is 106 Å². The quantitative estimate of drug-likeness (QED) is 0.0778. The number of rotatable bonds is 15. The van der Waals surface area contributed by atoms with Gasteiger partial charge in [-0.3, -0.25) is 4.79 Å². The van der Waals surface area contributed by atoms with Gasteiger partial charge >= 0.3 is 5.97 Å². The van der Waals surface area contributed by atoms with Crippen molar-refractivity contribution in [3.63, 3.8) is 0 Å². The maximum atomic E-state index is 12.6. The molecular weight excluding hydrogens is 568 g/mol. The number of ether oxygens (including phenoxy) is 3. The van der Waals surface area contributed by atoms with Crippen molar-refractivity contribution in [1.29, 1.82) is 0 Å². The van der Waals surface area contributed by atoms with Crippen molar-refractivity contribution < 1.29 is 28.2 Å². The molecule has 7 heteroatoms. The van der Waals surface area contributed by atoms with Gasteiger partial charge in [0, 0.05) is 19.4 Å². The second kappa shape index (κ2) is 16.0. The zero-order chi connectivity index (χ0) is 32.8. The first kappa shape index (κ1) is 37.2. The summed E-state index contributed by atoms with van der Waals surface area (Å²) in [6.07, 6.45) is 9.88. The summed E-state index contributed by atoms with van der Waals surface area (Å²) in [7, 11) is -0.286. The standard InChI is InChI=1S/C37H64O6Si/c1-24(23-41-44(10,11)37(6,7)8)17-29-20-30(33(28(29)5)22-36(39)40-9)21-35-27(4)25(2)18-32(43-35)14-15-34-26(3)19-31(42-34)13-12-16-38/h16,24-25,28-35H,3-4,12-15,17-23H2,1-2,5-11H3/t24-,25+,28-,29-,30-,31-,32-,33+,34-,35+/m0/s1. The maximum Gasteiger partial charge on any atom is 0.305 e. The molecule has 6 nitrogen and oxygen atoms in total. The van der Waals surface area contributed by atoms with Gasteiger partial charge in [-0.2, -0.15) is 0 Å². The Morgan fingerprint density at radius 3 is 2.36 bits per heavy atom. The van der Waals surface area contributed by atoms with E-state index in [1.807, 2.05) is 0 Å². The van der Waals surface area contributed by atoms with Crippen LogP contribution in [0.3, 0.4) is 0 Å². The highest BCUT2D eigenvalue weighted by Gasteiger charge is 2.45. The lowest BCUT2D eigenvalue weighted by atomic mass is 9.79. The maximum absolute atomic E-state index is 12.6. The van der Waals surface area contributed by atoms with Crippen LogP contribution in [0.15, 0.2) is 24.3 Å². The lowest BCUT2D eigenvalue weighted by Gasteiger charge is -2.38. The van der Waals surface area contributed by atoms with Crippen LogP contribution in [-0.2, 0) is 28.2 Å². The molecule has 3 rings (SSSR count). The molecule has 0 unspecified atom stereocenters. The van der Waals surface area contributed by atoms with Crippen LogP contribution in [-0.4, -0.2) is 58.7 Å². The number of carbonyl (C=O) groups is 2. The SMILES string of the molecule is C=C1C[C@H](CCC=O)O[C@H]1CC[C@H]1C[C@@H](C)C(=C)[C@@H](C[C@@H]2C[C@H](C[C@H](C)CO[Si](C)(C)C(C)(C)C)[C@H](C)[C@H]2CC(=O)OC)O1. The topological polar surface area (TPSA) is 71.1 Å². The van der Waals surface area contributed by atoms with E-state index in [1.165, 1.54) is 12.7 Å². The summed E-state index contributed by atoms with van der Waals surface area (Å²) in [4.78, 5) is 23.4. The van der Waals surface area contributed by atoms with Gasteiger partial charge in [0.25, 0.3) is 0 Å². The summed E-state index contributed by atoms with van der Waals surface area (Å²) in [5.74, 6) is 2.43. The molecule has 0 radical (unpaired) electrons. The predicted octanol–water partition coefficient (Wildman–Crippen LogP) is 8.70. The van der Waals surface area contributed by atoms with E-state index in [4.69, 9.17) is 18.6 Å². The first-order valence-electron chi connectivity index (χ1n) is 17.4. The van der Waals surface area contributed by atoms with Gasteiger partial charge in [0.15, 0.2) is 8.32 Å². The van der Waals surface area contributed by atoms with E-state index >= 15 is 0 Å². The summed E-state index contributed by atoms with van der Waals surface area (Å²) in [5.41, 5.74) is 2.34. The van der Waals surface area contributed by atoms with Gasteiger partial charge in [0.1, 0.15) is 6.29 Å². The molecule has 2 aliphatic heterocycles. The molecule has 252 valence electrons. The van der Waals surface area contributed by atoms with Crippen LogP contribution >= 0.6 is 0 Å². The fourth-order valence-electron chi connectivity index (χ4n) is 7.66. The van der Waals surface area contributed by atoms with Crippen LogP contribution in [0.25, 0.3) is 0 Å². The summed E-state index contributed by atoms with van der Waals surface area (Å²) in [5, 5.41) is 0.207. The molecular formula is C37H64O6Si. The Balaban J connectivity index is 1.62. The van der Waals surface area contributed by atoms with Gasteiger partial charge in [0.2, 0.25) is 0 Å². The minimum absolute atomic E-state index is 0.00669. The molecule has 2 saturated heterocycles. The van der Waals surface area contributed by atoms with Crippen molar-refractivity contribution in [3.8, 4) is 0 Å². The number of hydrogen-bond donors (Lipinski definition) is 0. The number of esters is 1. The van der Waals surface area contributed by atoms with Gasteiger partial charge in [-0.1, -0.05) is 54.7 Å². The molecule has 3 fully saturated rings. The Morgan fingerprint density at radius 1 is 1.05 bits per heavy atom. The number of methoxy groups -OCH3 is 1. The second-order valence-electron chi connectivity index (χ2n) is 16.1. The van der Waals surface area contributed by atoms with Crippen molar-refractivity contribution in [2.75, 3.05) is 13.7 Å². The number of hydrogen-bond acceptors (Lipinski definition) is 6. The second-order valence-corrected chi connectivity index (χ2v) is 20.9. The highest BCUT2D eigenvalue weighted by atomic mass is 28.4. The fourth-order valence-corrected chi connectivity index (χ4v) is 8.79. The third-order valence-electron chi connectivity index (χ3n) is 11.7. The molecule has 0 N–H and O–H groups in total. The molecule has 1 aliphatic carbocycles. The normalized spacial score (nSPS) is 33.9. The van der Waals surface area contributed by atoms with Crippen LogP contribution in [0.4, 0.5) is 0 Å². The van der Waals surface area contributed by atoms with E-state index in [0.717, 1.165) is 69.8 Å². The van der Waals surface area contributed by atoms with Crippen LogP contribution in [0, 0.1) is 35.5 Å². The number of aldehydes is 1. The largest absolute Gasteiger partial charge is 0.469 e. The minimum atomic E-state index is -1.79. The predicted molar refractivity (Wildman–Crippen MR) is 181 cm³/mol. The van der Waals surface area contributed by atoms with Crippen molar-refractivity contribution in [2.45, 2.75) is 148 Å². The highest BCUT2D eigenvalue weighted by molar-refractivity contribution is 6.74. The Bertz CT molecular complexity index is 985. The summed E-state index contributed by atoms with van der Waals surface area (Å²) >= 11 is 0. The lowest BCUT2D eigenvalue weighted by molar-refractivity contribution is -0.142. The molecule has 44 heavy (non-hydrogen) atoms. The molecule has 0 bridgehead atoms. The molecule has 0 amide bonds. The lowest BCUT2D eigenvalue weighted by Crippen LogP contribution is -2.41. The van der Waals surface area contributed by atoms with Crippen LogP contribution in [0.2, 0.25) is 18.1 Å². The molecule has 0 aromatic heterocycles. The monoisotopic (exact) mass is 632 g/mol. The molecule has 3 aliphatic rings. The minimum Gasteiger partial charge on any atom is -0.469 e. The Labute approximate surface area is 270 Å². The van der Waals surface area contributed by atoms with Crippen molar-refractivity contribution in [3.05, 3.63) is 24.3 Å². The van der Waals surface area contributed by atoms with Crippen molar-refractivity contribution in [2.24, 2.45) is 35.5 Å². The van der Waals surface area contributed by atoms with Gasteiger partial charge in [0.05, 0.1) is 31.5 Å². The third-order valence-corrected chi connectivity index (χ3v) is 16.2. The van der Waals surface area contributed by atoms with E-state index in [-0.39, 0.29) is 41.3 Å². The molecule has 0 aromatic rings. The van der Waals surface area contributed by atoms with E-state index < -0.39 is 8.32 Å². The first-order valence-corrected chi connectivity index (χ1v) is 20.3. The zero-order valence-corrected chi connectivity index (χ0v) is 30.5. The summed E-state index contributed by atoms with van der Waals surface area (Å²) < 4.78 is 24.8. The first-order chi connectivity index (χ1) is 20.6. The van der Waals surface area contributed by atoms with Crippen molar-refractivity contribution >= 4 is 20.6 Å². The Kier molecular flexibility index (Phi) is 13.5. The molecule has 0 aromatic carbocycles. The Morgan fingerprint density at radius 2 is 1.73 bits per heavy atom. The Hall–Kier alpha value is -1.28. The van der Waals surface area contributed by atoms with E-state index in [1.54, 1.807) is 0 Å². The summed E-state index contributed by atoms with van der Waals surface area (Å²) in [6, 6.07) is 0. The van der Waals surface area contributed by atoms with Crippen molar-refractivity contribution in [1.82, 2.24) is 0 Å². The molecule has 1 saturated carbocycles. The van der Waals surface area contributed by atoms with Gasteiger partial charge in [-0.15, -0.1) is 0 Å². The van der Waals surface area contributed by atoms with Crippen LogP contribution < -0.4 is 0 Å². The molecule has 10 atom stereocenters. The number of carbonyl (C=O) groups excluding carboxylic acids is 2. The summed E-state index contributed by atoms with van der Waals surface area (Å²) in [6.45, 7) is 28.1. The average Bonchev–Trinajstić information content (AvgIpc) is 3.44. The molecule has 2 heterocycles. The molecule has 0 spiro atoms. The van der Waals surface area contributed by atoms with Gasteiger partial charge < -0.3 is 23.4 Å². The third kappa shape index (κ3) is 9.86. The highest BCUT2D eigenvalue weighted by Crippen LogP contribution is 2.50. The van der Waals surface area contributed by atoms with Gasteiger partial charge in [-0.05, 0) is 116 Å². The van der Waals surface area contributed by atoms with Gasteiger partial charge in [-0.25, -0.2) is 0 Å². The zero-order valence-electron chi connectivity index (χ0n) is 29.5. The average molecular weight is 633 g/mol. The van der Waals surface area contributed by atoms with E-state index in [9.17, 15) is 9.59 Å². The smallest absolute Gasteiger partial charge is 0.305 e. The van der Waals surface area contributed by atoms with E-state index in [2.05, 4.69) is 67.8 Å². The van der Waals surface area contributed by atoms with Crippen LogP contribution in [0.5, 0.6) is 0 Å².